The number of hydrogen-bond donors (Lipinski definition) is 2. The van der Waals surface area contributed by atoms with Crippen LogP contribution in [0.5, 0.6) is 0 Å². The van der Waals surface area contributed by atoms with Gasteiger partial charge in [-0.1, -0.05) is 32.9 Å². The molecule has 0 bridgehead atoms. The number of carboxylic acid groups (broad SMARTS) is 1. The van der Waals surface area contributed by atoms with Gasteiger partial charge >= 0.3 is 11.9 Å². The zero-order chi connectivity index (χ0) is 21.3. The van der Waals surface area contributed by atoms with Crippen molar-refractivity contribution in [2.75, 3.05) is 12.4 Å². The summed E-state index contributed by atoms with van der Waals surface area (Å²) in [5, 5.41) is 12.8. The Morgan fingerprint density at radius 1 is 1.17 bits per heavy atom. The number of anilines is 1. The standard InChI is InChI=1S/C22H29NO5S/c1-22(2,3)12-9-10-15-16(11-12)29-19(17(15)21(27)28-4)23-18(24)13-7-5-6-8-14(13)20(25)26/h5-6,12-14H,7-11H2,1-4H3,(H,23,24)(H,25,26)/t12-,13-,14+/m0/s1. The third-order valence-corrected chi connectivity index (χ3v) is 7.37. The number of methoxy groups -OCH3 is 1. The molecule has 0 unspecified atom stereocenters. The van der Waals surface area contributed by atoms with Crippen LogP contribution in [0.15, 0.2) is 12.2 Å². The van der Waals surface area contributed by atoms with Gasteiger partial charge in [-0.25, -0.2) is 4.79 Å². The van der Waals surface area contributed by atoms with Crippen LogP contribution >= 0.6 is 11.3 Å². The van der Waals surface area contributed by atoms with E-state index in [1.54, 1.807) is 6.08 Å². The zero-order valence-electron chi connectivity index (χ0n) is 17.4. The highest BCUT2D eigenvalue weighted by molar-refractivity contribution is 7.17. The number of fused-ring (bicyclic) bond motifs is 1. The highest BCUT2D eigenvalue weighted by atomic mass is 32.1. The highest BCUT2D eigenvalue weighted by Crippen LogP contribution is 2.44. The maximum absolute atomic E-state index is 12.9. The lowest BCUT2D eigenvalue weighted by atomic mass is 9.72. The van der Waals surface area contributed by atoms with Crippen LogP contribution in [0.1, 0.15) is 60.8 Å². The summed E-state index contributed by atoms with van der Waals surface area (Å²) < 4.78 is 4.99. The number of rotatable bonds is 4. The van der Waals surface area contributed by atoms with E-state index in [-0.39, 0.29) is 11.3 Å². The Morgan fingerprint density at radius 2 is 1.83 bits per heavy atom. The molecule has 158 valence electrons. The fourth-order valence-electron chi connectivity index (χ4n) is 4.31. The molecule has 2 N–H and O–H groups in total. The average Bonchev–Trinajstić information content (AvgIpc) is 3.03. The second-order valence-corrected chi connectivity index (χ2v) is 10.1. The maximum Gasteiger partial charge on any atom is 0.341 e. The van der Waals surface area contributed by atoms with Gasteiger partial charge in [0.2, 0.25) is 5.91 Å². The van der Waals surface area contributed by atoms with Gasteiger partial charge in [0, 0.05) is 4.88 Å². The second-order valence-electron chi connectivity index (χ2n) is 8.99. The van der Waals surface area contributed by atoms with Gasteiger partial charge in [0.15, 0.2) is 0 Å². The van der Waals surface area contributed by atoms with E-state index in [0.29, 0.717) is 29.3 Å². The predicted octanol–water partition coefficient (Wildman–Crippen LogP) is 4.29. The third kappa shape index (κ3) is 4.39. The van der Waals surface area contributed by atoms with Crippen molar-refractivity contribution in [1.82, 2.24) is 0 Å². The van der Waals surface area contributed by atoms with Gasteiger partial charge in [-0.2, -0.15) is 0 Å². The number of nitrogens with one attached hydrogen (secondary N) is 1. The van der Waals surface area contributed by atoms with Crippen LogP contribution in [0, 0.1) is 23.2 Å². The molecule has 3 rings (SSSR count). The van der Waals surface area contributed by atoms with Gasteiger partial charge in [0.1, 0.15) is 5.00 Å². The monoisotopic (exact) mass is 419 g/mol. The fraction of sp³-hybridized carbons (Fsp3) is 0.591. The molecule has 0 saturated carbocycles. The summed E-state index contributed by atoms with van der Waals surface area (Å²) in [7, 11) is 1.34. The number of esters is 1. The van der Waals surface area contributed by atoms with Gasteiger partial charge in [-0.3, -0.25) is 9.59 Å². The van der Waals surface area contributed by atoms with Crippen LogP contribution in [-0.4, -0.2) is 30.1 Å². The first-order valence-corrected chi connectivity index (χ1v) is 10.9. The molecule has 3 atom stereocenters. The number of hydrogen-bond acceptors (Lipinski definition) is 5. The minimum Gasteiger partial charge on any atom is -0.481 e. The molecule has 0 aliphatic heterocycles. The largest absolute Gasteiger partial charge is 0.481 e. The molecule has 2 aliphatic rings. The van der Waals surface area contributed by atoms with Gasteiger partial charge in [-0.05, 0) is 49.0 Å². The van der Waals surface area contributed by atoms with Crippen LogP contribution in [0.25, 0.3) is 0 Å². The van der Waals surface area contributed by atoms with Crippen LogP contribution in [0.4, 0.5) is 5.00 Å². The normalized spacial score (nSPS) is 23.9. The van der Waals surface area contributed by atoms with E-state index in [0.717, 1.165) is 29.7 Å². The van der Waals surface area contributed by atoms with E-state index in [1.165, 1.54) is 18.4 Å². The van der Waals surface area contributed by atoms with Crippen LogP contribution in [-0.2, 0) is 27.2 Å². The van der Waals surface area contributed by atoms with Crippen molar-refractivity contribution in [3.8, 4) is 0 Å². The van der Waals surface area contributed by atoms with E-state index < -0.39 is 23.8 Å². The summed E-state index contributed by atoms with van der Waals surface area (Å²) >= 11 is 1.43. The summed E-state index contributed by atoms with van der Waals surface area (Å²) in [5.74, 6) is -2.67. The number of aliphatic carboxylic acids is 1. The summed E-state index contributed by atoms with van der Waals surface area (Å²) in [4.78, 5) is 38.1. The molecule has 29 heavy (non-hydrogen) atoms. The summed E-state index contributed by atoms with van der Waals surface area (Å²) in [6.45, 7) is 6.68. The fourth-order valence-corrected chi connectivity index (χ4v) is 5.63. The molecule has 1 heterocycles. The lowest BCUT2D eigenvalue weighted by Crippen LogP contribution is -2.34. The summed E-state index contributed by atoms with van der Waals surface area (Å²) in [5.41, 5.74) is 1.57. The average molecular weight is 420 g/mol. The van der Waals surface area contributed by atoms with E-state index in [9.17, 15) is 19.5 Å². The molecular formula is C22H29NO5S. The van der Waals surface area contributed by atoms with E-state index >= 15 is 0 Å². The zero-order valence-corrected chi connectivity index (χ0v) is 18.2. The molecular weight excluding hydrogens is 390 g/mol. The molecule has 6 nitrogen and oxygen atoms in total. The number of amides is 1. The molecule has 0 saturated heterocycles. The number of carbonyl (C=O) groups is 3. The number of allylic oxidation sites excluding steroid dienone is 2. The van der Waals surface area contributed by atoms with E-state index in [4.69, 9.17) is 4.74 Å². The topological polar surface area (TPSA) is 92.7 Å². The lowest BCUT2D eigenvalue weighted by molar-refractivity contribution is -0.146. The highest BCUT2D eigenvalue weighted by Gasteiger charge is 2.37. The quantitative estimate of drug-likeness (QED) is 0.561. The number of thiophene rings is 1. The van der Waals surface area contributed by atoms with Crippen molar-refractivity contribution < 1.29 is 24.2 Å². The lowest BCUT2D eigenvalue weighted by Gasteiger charge is -2.33. The summed E-state index contributed by atoms with van der Waals surface area (Å²) in [6.07, 6.45) is 7.00. The van der Waals surface area contributed by atoms with Gasteiger partial charge in [0.25, 0.3) is 0 Å². The molecule has 0 aromatic carbocycles. The first-order valence-electron chi connectivity index (χ1n) is 10.0. The smallest absolute Gasteiger partial charge is 0.341 e. The van der Waals surface area contributed by atoms with Crippen molar-refractivity contribution in [3.05, 3.63) is 28.2 Å². The van der Waals surface area contributed by atoms with Crippen LogP contribution < -0.4 is 5.32 Å². The Kier molecular flexibility index (Phi) is 6.17. The van der Waals surface area contributed by atoms with Crippen molar-refractivity contribution in [2.45, 2.75) is 52.9 Å². The second kappa shape index (κ2) is 8.30. The number of carboxylic acids is 1. The first kappa shape index (κ1) is 21.6. The Morgan fingerprint density at radius 3 is 2.41 bits per heavy atom. The van der Waals surface area contributed by atoms with E-state index in [2.05, 4.69) is 26.1 Å². The predicted molar refractivity (Wildman–Crippen MR) is 112 cm³/mol. The molecule has 0 spiro atoms. The van der Waals surface area contributed by atoms with Crippen LogP contribution in [0.2, 0.25) is 0 Å². The van der Waals surface area contributed by atoms with Crippen molar-refractivity contribution in [2.24, 2.45) is 23.2 Å². The SMILES string of the molecule is COC(=O)c1c(NC(=O)[C@H]2CC=CC[C@H]2C(=O)O)sc2c1CC[C@H](C(C)(C)C)C2. The molecule has 0 radical (unpaired) electrons. The molecule has 1 amide bonds. The van der Waals surface area contributed by atoms with Gasteiger partial charge < -0.3 is 15.2 Å². The molecule has 1 aromatic rings. The van der Waals surface area contributed by atoms with Crippen LogP contribution in [0.3, 0.4) is 0 Å². The van der Waals surface area contributed by atoms with Crippen molar-refractivity contribution >= 4 is 34.2 Å². The molecule has 2 aliphatic carbocycles. The Labute approximate surface area is 175 Å². The third-order valence-electron chi connectivity index (χ3n) is 6.20. The Bertz CT molecular complexity index is 848. The molecule has 0 fully saturated rings. The van der Waals surface area contributed by atoms with Gasteiger partial charge in [-0.15, -0.1) is 11.3 Å². The molecule has 1 aromatic heterocycles. The van der Waals surface area contributed by atoms with Crippen molar-refractivity contribution in [1.29, 1.82) is 0 Å². The minimum atomic E-state index is -0.971. The number of ether oxygens (including phenoxy) is 1. The maximum atomic E-state index is 12.9. The Balaban J connectivity index is 1.90. The number of carbonyl (C=O) groups excluding carboxylic acids is 2. The summed E-state index contributed by atoms with van der Waals surface area (Å²) in [6, 6.07) is 0. The van der Waals surface area contributed by atoms with E-state index in [1.807, 2.05) is 6.08 Å². The first-order chi connectivity index (χ1) is 13.6. The van der Waals surface area contributed by atoms with Gasteiger partial charge in [0.05, 0.1) is 24.5 Å². The van der Waals surface area contributed by atoms with Crippen molar-refractivity contribution in [3.63, 3.8) is 0 Å². The Hall–Kier alpha value is -2.15. The minimum absolute atomic E-state index is 0.166. The molecule has 7 heteroatoms.